The lowest BCUT2D eigenvalue weighted by Crippen LogP contribution is -2.41. The topological polar surface area (TPSA) is 79.5 Å². The standard InChI is InChI=1S/C15H26N4OS.HI/c1-5-17-14(19-10-15(3,4)13(16)20)18-8-11(2)12-6-7-21-9-12;/h6-7,9,11H,5,8,10H2,1-4H3,(H2,16,20)(H2,17,18,19);1H. The summed E-state index contributed by atoms with van der Waals surface area (Å²) in [5, 5.41) is 10.7. The second-order valence-electron chi connectivity index (χ2n) is 5.78. The van der Waals surface area contributed by atoms with Gasteiger partial charge in [-0.1, -0.05) is 6.92 Å². The van der Waals surface area contributed by atoms with Gasteiger partial charge in [-0.15, -0.1) is 24.0 Å². The number of thiophene rings is 1. The van der Waals surface area contributed by atoms with Crippen LogP contribution in [0.25, 0.3) is 0 Å². The van der Waals surface area contributed by atoms with Crippen molar-refractivity contribution in [3.8, 4) is 0 Å². The third kappa shape index (κ3) is 6.95. The highest BCUT2D eigenvalue weighted by Gasteiger charge is 2.24. The number of amides is 1. The van der Waals surface area contributed by atoms with Gasteiger partial charge >= 0.3 is 0 Å². The molecular weight excluding hydrogens is 411 g/mol. The SMILES string of the molecule is CCNC(=NCC(C)(C)C(N)=O)NCC(C)c1ccsc1.I. The highest BCUT2D eigenvalue weighted by Crippen LogP contribution is 2.17. The first kappa shape index (κ1) is 21.2. The Hall–Kier alpha value is -0.830. The lowest BCUT2D eigenvalue weighted by atomic mass is 9.93. The number of aliphatic imine (C=N–C) groups is 1. The Labute approximate surface area is 154 Å². The van der Waals surface area contributed by atoms with Gasteiger partial charge in [0, 0.05) is 13.1 Å². The predicted octanol–water partition coefficient (Wildman–Crippen LogP) is 2.54. The fourth-order valence-corrected chi connectivity index (χ4v) is 2.40. The van der Waals surface area contributed by atoms with Gasteiger partial charge < -0.3 is 16.4 Å². The van der Waals surface area contributed by atoms with Crippen molar-refractivity contribution in [3.05, 3.63) is 22.4 Å². The number of nitrogens with one attached hydrogen (secondary N) is 2. The Morgan fingerprint density at radius 2 is 2.14 bits per heavy atom. The van der Waals surface area contributed by atoms with E-state index in [0.717, 1.165) is 13.1 Å². The first-order valence-electron chi connectivity index (χ1n) is 7.21. The van der Waals surface area contributed by atoms with Crippen LogP contribution in [0.3, 0.4) is 0 Å². The van der Waals surface area contributed by atoms with Gasteiger partial charge in [0.15, 0.2) is 5.96 Å². The summed E-state index contributed by atoms with van der Waals surface area (Å²) >= 11 is 1.70. The smallest absolute Gasteiger partial charge is 0.224 e. The van der Waals surface area contributed by atoms with Crippen LogP contribution in [0, 0.1) is 5.41 Å². The van der Waals surface area contributed by atoms with E-state index in [1.807, 2.05) is 6.92 Å². The molecule has 7 heteroatoms. The number of carbonyl (C=O) groups excluding carboxylic acids is 1. The molecule has 0 radical (unpaired) electrons. The minimum absolute atomic E-state index is 0. The highest BCUT2D eigenvalue weighted by atomic mass is 127. The van der Waals surface area contributed by atoms with Gasteiger partial charge in [-0.25, -0.2) is 0 Å². The quantitative estimate of drug-likeness (QED) is 0.348. The van der Waals surface area contributed by atoms with Crippen LogP contribution in [0.1, 0.15) is 39.2 Å². The molecule has 0 aliphatic heterocycles. The molecule has 1 amide bonds. The monoisotopic (exact) mass is 438 g/mol. The van der Waals surface area contributed by atoms with E-state index in [-0.39, 0.29) is 29.9 Å². The summed E-state index contributed by atoms with van der Waals surface area (Å²) in [7, 11) is 0. The molecule has 0 aliphatic carbocycles. The molecule has 22 heavy (non-hydrogen) atoms. The largest absolute Gasteiger partial charge is 0.369 e. The van der Waals surface area contributed by atoms with Crippen LogP contribution in [0.15, 0.2) is 21.8 Å². The van der Waals surface area contributed by atoms with Crippen molar-refractivity contribution in [2.24, 2.45) is 16.1 Å². The zero-order chi connectivity index (χ0) is 15.9. The Morgan fingerprint density at radius 3 is 2.64 bits per heavy atom. The number of nitrogens with zero attached hydrogens (tertiary/aromatic N) is 1. The van der Waals surface area contributed by atoms with E-state index in [9.17, 15) is 4.79 Å². The number of hydrogen-bond acceptors (Lipinski definition) is 3. The maximum Gasteiger partial charge on any atom is 0.224 e. The van der Waals surface area contributed by atoms with E-state index in [1.54, 1.807) is 25.2 Å². The average molecular weight is 438 g/mol. The molecule has 1 heterocycles. The summed E-state index contributed by atoms with van der Waals surface area (Å²) in [6, 6.07) is 2.14. The molecule has 0 aromatic carbocycles. The van der Waals surface area contributed by atoms with Crippen molar-refractivity contribution in [3.63, 3.8) is 0 Å². The molecule has 0 saturated heterocycles. The fraction of sp³-hybridized carbons (Fsp3) is 0.600. The number of rotatable bonds is 7. The van der Waals surface area contributed by atoms with Gasteiger partial charge in [0.25, 0.3) is 0 Å². The molecule has 1 atom stereocenters. The minimum atomic E-state index is -0.638. The normalized spacial score (nSPS) is 13.2. The molecule has 1 unspecified atom stereocenters. The van der Waals surface area contributed by atoms with Crippen LogP contribution in [-0.4, -0.2) is 31.5 Å². The second kappa shape index (κ2) is 10.0. The Kier molecular flexibility index (Phi) is 9.66. The maximum atomic E-state index is 11.3. The second-order valence-corrected chi connectivity index (χ2v) is 6.56. The Morgan fingerprint density at radius 1 is 1.45 bits per heavy atom. The van der Waals surface area contributed by atoms with Crippen LogP contribution < -0.4 is 16.4 Å². The fourth-order valence-electron chi connectivity index (χ4n) is 1.62. The van der Waals surface area contributed by atoms with Crippen molar-refractivity contribution in [2.75, 3.05) is 19.6 Å². The number of nitrogens with two attached hydrogens (primary N) is 1. The summed E-state index contributed by atoms with van der Waals surface area (Å²) in [5.74, 6) is 0.784. The molecule has 126 valence electrons. The highest BCUT2D eigenvalue weighted by molar-refractivity contribution is 14.0. The lowest BCUT2D eigenvalue weighted by Gasteiger charge is -2.20. The number of halogens is 1. The molecule has 0 fully saturated rings. The summed E-state index contributed by atoms with van der Waals surface area (Å²) in [4.78, 5) is 15.8. The number of hydrogen-bond donors (Lipinski definition) is 3. The van der Waals surface area contributed by atoms with Gasteiger partial charge in [0.05, 0.1) is 12.0 Å². The van der Waals surface area contributed by atoms with Gasteiger partial charge in [0.2, 0.25) is 5.91 Å². The molecule has 1 aromatic rings. The van der Waals surface area contributed by atoms with Gasteiger partial charge in [-0.05, 0) is 49.1 Å². The molecule has 1 aromatic heterocycles. The molecule has 0 saturated carbocycles. The van der Waals surface area contributed by atoms with Gasteiger partial charge in [-0.2, -0.15) is 11.3 Å². The zero-order valence-corrected chi connectivity index (χ0v) is 16.8. The van der Waals surface area contributed by atoms with Crippen molar-refractivity contribution in [2.45, 2.75) is 33.6 Å². The molecule has 0 spiro atoms. The van der Waals surface area contributed by atoms with Gasteiger partial charge in [-0.3, -0.25) is 9.79 Å². The van der Waals surface area contributed by atoms with Crippen LogP contribution in [0.2, 0.25) is 0 Å². The maximum absolute atomic E-state index is 11.3. The third-order valence-electron chi connectivity index (χ3n) is 3.33. The van der Waals surface area contributed by atoms with Crippen LogP contribution in [-0.2, 0) is 4.79 Å². The first-order valence-corrected chi connectivity index (χ1v) is 8.15. The van der Waals surface area contributed by atoms with E-state index >= 15 is 0 Å². The van der Waals surface area contributed by atoms with E-state index in [0.29, 0.717) is 18.4 Å². The summed E-state index contributed by atoms with van der Waals surface area (Å²) in [6.45, 7) is 9.72. The molecule has 4 N–H and O–H groups in total. The number of primary amides is 1. The summed E-state index contributed by atoms with van der Waals surface area (Å²) in [6.07, 6.45) is 0. The molecule has 5 nitrogen and oxygen atoms in total. The van der Waals surface area contributed by atoms with Crippen LogP contribution in [0.5, 0.6) is 0 Å². The Bertz CT molecular complexity index is 474. The number of guanidine groups is 1. The van der Waals surface area contributed by atoms with Crippen molar-refractivity contribution in [1.82, 2.24) is 10.6 Å². The molecule has 0 bridgehead atoms. The summed E-state index contributed by atoms with van der Waals surface area (Å²) in [5.41, 5.74) is 6.05. The van der Waals surface area contributed by atoms with Crippen LogP contribution >= 0.6 is 35.3 Å². The predicted molar refractivity (Wildman–Crippen MR) is 105 cm³/mol. The van der Waals surface area contributed by atoms with E-state index < -0.39 is 5.41 Å². The van der Waals surface area contributed by atoms with Crippen molar-refractivity contribution in [1.29, 1.82) is 0 Å². The lowest BCUT2D eigenvalue weighted by molar-refractivity contribution is -0.125. The van der Waals surface area contributed by atoms with E-state index in [4.69, 9.17) is 5.73 Å². The number of carbonyl (C=O) groups is 1. The zero-order valence-electron chi connectivity index (χ0n) is 13.7. The molecular formula is C15H27IN4OS. The first-order chi connectivity index (χ1) is 9.86. The van der Waals surface area contributed by atoms with Gasteiger partial charge in [0.1, 0.15) is 0 Å². The molecule has 1 rings (SSSR count). The minimum Gasteiger partial charge on any atom is -0.369 e. The molecule has 0 aliphatic rings. The third-order valence-corrected chi connectivity index (χ3v) is 4.03. The van der Waals surface area contributed by atoms with Crippen molar-refractivity contribution < 1.29 is 4.79 Å². The van der Waals surface area contributed by atoms with E-state index in [2.05, 4.69) is 39.4 Å². The van der Waals surface area contributed by atoms with Crippen molar-refractivity contribution >= 4 is 47.2 Å². The summed E-state index contributed by atoms with van der Waals surface area (Å²) < 4.78 is 0. The van der Waals surface area contributed by atoms with E-state index in [1.165, 1.54) is 5.56 Å². The average Bonchev–Trinajstić information content (AvgIpc) is 2.95. The van der Waals surface area contributed by atoms with Crippen LogP contribution in [0.4, 0.5) is 0 Å². The Balaban J connectivity index is 0.00000441.